The Kier molecular flexibility index (Phi) is 5.02. The van der Waals surface area contributed by atoms with Crippen LogP contribution in [0.5, 0.6) is 0 Å². The number of halogens is 1. The van der Waals surface area contributed by atoms with Crippen LogP contribution in [0.25, 0.3) is 17.4 Å². The summed E-state index contributed by atoms with van der Waals surface area (Å²) in [6, 6.07) is 13.8. The van der Waals surface area contributed by atoms with Crippen LogP contribution in [0.4, 0.5) is 11.6 Å². The van der Waals surface area contributed by atoms with E-state index in [0.29, 0.717) is 35.0 Å². The Morgan fingerprint density at radius 2 is 2.10 bits per heavy atom. The van der Waals surface area contributed by atoms with Crippen LogP contribution in [0.2, 0.25) is 5.02 Å². The predicted molar refractivity (Wildman–Crippen MR) is 116 cm³/mol. The molecule has 1 saturated heterocycles. The van der Waals surface area contributed by atoms with Crippen molar-refractivity contribution in [3.8, 4) is 11.6 Å². The van der Waals surface area contributed by atoms with Crippen molar-refractivity contribution in [2.45, 2.75) is 25.4 Å². The lowest BCUT2D eigenvalue weighted by molar-refractivity contribution is 0.254. The number of nitrogens with two attached hydrogens (primary N) is 1. The Hall–Kier alpha value is -3.10. The molecule has 0 spiro atoms. The number of hydrogen-bond acceptors (Lipinski definition) is 7. The molecule has 0 amide bonds. The van der Waals surface area contributed by atoms with Crippen LogP contribution in [-0.2, 0) is 6.54 Å². The van der Waals surface area contributed by atoms with Gasteiger partial charge in [-0.1, -0.05) is 29.8 Å². The maximum absolute atomic E-state index is 6.35. The van der Waals surface area contributed by atoms with Crippen molar-refractivity contribution >= 4 is 29.0 Å². The molecule has 1 aliphatic rings. The molecule has 154 valence electrons. The van der Waals surface area contributed by atoms with Gasteiger partial charge in [0.1, 0.15) is 11.6 Å². The average molecular weight is 424 g/mol. The van der Waals surface area contributed by atoms with E-state index in [2.05, 4.69) is 31.3 Å². The molecule has 9 heteroatoms. The topological polar surface area (TPSA) is 97.5 Å². The fourth-order valence-corrected chi connectivity index (χ4v) is 4.09. The van der Waals surface area contributed by atoms with Crippen LogP contribution in [0.1, 0.15) is 18.4 Å². The molecule has 1 aromatic carbocycles. The summed E-state index contributed by atoms with van der Waals surface area (Å²) in [5.41, 5.74) is 7.33. The Balaban J connectivity index is 1.30. The van der Waals surface area contributed by atoms with E-state index in [0.717, 1.165) is 36.6 Å². The predicted octanol–water partition coefficient (Wildman–Crippen LogP) is 3.70. The summed E-state index contributed by atoms with van der Waals surface area (Å²) >= 11 is 6.35. The molecular weight excluding hydrogens is 402 g/mol. The van der Waals surface area contributed by atoms with E-state index in [1.807, 2.05) is 18.2 Å². The second kappa shape index (κ2) is 7.97. The number of fused-ring (bicyclic) bond motifs is 1. The third-order valence-corrected chi connectivity index (χ3v) is 5.80. The molecule has 1 aliphatic heterocycles. The van der Waals surface area contributed by atoms with Gasteiger partial charge in [0.15, 0.2) is 5.76 Å². The highest BCUT2D eigenvalue weighted by molar-refractivity contribution is 6.31. The number of nitrogens with zero attached hydrogens (tertiary/aromatic N) is 5. The van der Waals surface area contributed by atoms with Crippen molar-refractivity contribution in [3.63, 3.8) is 0 Å². The van der Waals surface area contributed by atoms with Crippen LogP contribution in [0, 0.1) is 0 Å². The van der Waals surface area contributed by atoms with Gasteiger partial charge in [0.25, 0.3) is 5.78 Å². The summed E-state index contributed by atoms with van der Waals surface area (Å²) in [6.07, 6.45) is 3.88. The first kappa shape index (κ1) is 18.9. The average Bonchev–Trinajstić information content (AvgIpc) is 3.49. The second-order valence-electron chi connectivity index (χ2n) is 7.43. The zero-order valence-corrected chi connectivity index (χ0v) is 17.1. The van der Waals surface area contributed by atoms with Gasteiger partial charge in [-0.15, -0.1) is 5.10 Å². The number of aromatic nitrogens is 4. The lowest BCUT2D eigenvalue weighted by Crippen LogP contribution is -2.34. The van der Waals surface area contributed by atoms with Gasteiger partial charge in [-0.2, -0.15) is 14.5 Å². The number of nitrogen functional groups attached to an aromatic ring is 1. The summed E-state index contributed by atoms with van der Waals surface area (Å²) in [5, 5.41) is 8.61. The van der Waals surface area contributed by atoms with Gasteiger partial charge in [-0.3, -0.25) is 4.90 Å². The zero-order chi connectivity index (χ0) is 20.5. The third-order valence-electron chi connectivity index (χ3n) is 5.43. The van der Waals surface area contributed by atoms with Gasteiger partial charge < -0.3 is 15.5 Å². The molecular formula is C21H22ClN7O. The Morgan fingerprint density at radius 3 is 2.93 bits per heavy atom. The molecule has 5 rings (SSSR count). The van der Waals surface area contributed by atoms with Crippen molar-refractivity contribution in [3.05, 3.63) is 59.3 Å². The van der Waals surface area contributed by atoms with Crippen LogP contribution in [0.3, 0.4) is 0 Å². The number of hydrogen-bond donors (Lipinski definition) is 2. The standard InChI is InChI=1S/C21H22ClN7O/c22-16-7-2-1-5-14(16)13-28-9-3-6-15(28)12-24-19-11-18(23)29-21(25-19)26-20(27-29)17-8-4-10-30-17/h1-2,4-5,7-8,10-11,15H,3,6,9,12-13,23H2,(H,24,25,26,27)/t15-/m1/s1. The number of furan rings is 1. The van der Waals surface area contributed by atoms with Gasteiger partial charge >= 0.3 is 0 Å². The largest absolute Gasteiger partial charge is 0.461 e. The van der Waals surface area contributed by atoms with Crippen molar-refractivity contribution in [1.82, 2.24) is 24.5 Å². The minimum absolute atomic E-state index is 0.400. The molecule has 3 aromatic heterocycles. The highest BCUT2D eigenvalue weighted by Crippen LogP contribution is 2.24. The van der Waals surface area contributed by atoms with Crippen molar-refractivity contribution in [2.75, 3.05) is 24.1 Å². The van der Waals surface area contributed by atoms with Gasteiger partial charge in [0.05, 0.1) is 6.26 Å². The van der Waals surface area contributed by atoms with Crippen molar-refractivity contribution in [2.24, 2.45) is 0 Å². The van der Waals surface area contributed by atoms with Crippen molar-refractivity contribution < 1.29 is 4.42 Å². The summed E-state index contributed by atoms with van der Waals surface area (Å²) in [7, 11) is 0. The normalized spacial score (nSPS) is 17.0. The first-order valence-electron chi connectivity index (χ1n) is 9.96. The van der Waals surface area contributed by atoms with Gasteiger partial charge in [-0.25, -0.2) is 0 Å². The van der Waals surface area contributed by atoms with E-state index in [9.17, 15) is 0 Å². The molecule has 0 radical (unpaired) electrons. The molecule has 30 heavy (non-hydrogen) atoms. The Morgan fingerprint density at radius 1 is 1.20 bits per heavy atom. The third kappa shape index (κ3) is 3.71. The first-order valence-corrected chi connectivity index (χ1v) is 10.3. The molecule has 0 aliphatic carbocycles. The first-order chi connectivity index (χ1) is 14.7. The minimum Gasteiger partial charge on any atom is -0.461 e. The van der Waals surface area contributed by atoms with Gasteiger partial charge in [0.2, 0.25) is 5.82 Å². The number of rotatable bonds is 6. The van der Waals surface area contributed by atoms with E-state index in [4.69, 9.17) is 21.8 Å². The number of benzene rings is 1. The van der Waals surface area contributed by atoms with Gasteiger partial charge in [-0.05, 0) is 43.1 Å². The molecule has 8 nitrogen and oxygen atoms in total. The Bertz CT molecular complexity index is 1160. The highest BCUT2D eigenvalue weighted by atomic mass is 35.5. The van der Waals surface area contributed by atoms with Crippen LogP contribution in [0.15, 0.2) is 53.1 Å². The minimum atomic E-state index is 0.400. The molecule has 0 bridgehead atoms. The summed E-state index contributed by atoms with van der Waals surface area (Å²) in [5.74, 6) is 2.62. The molecule has 4 heterocycles. The molecule has 4 aromatic rings. The smallest absolute Gasteiger partial charge is 0.256 e. The van der Waals surface area contributed by atoms with Crippen LogP contribution < -0.4 is 11.1 Å². The molecule has 1 fully saturated rings. The molecule has 0 unspecified atom stereocenters. The fraction of sp³-hybridized carbons (Fsp3) is 0.286. The van der Waals surface area contributed by atoms with Crippen molar-refractivity contribution in [1.29, 1.82) is 0 Å². The maximum Gasteiger partial charge on any atom is 0.256 e. The number of likely N-dealkylation sites (tertiary alicyclic amines) is 1. The van der Waals surface area contributed by atoms with Crippen LogP contribution in [-0.4, -0.2) is 43.6 Å². The van der Waals surface area contributed by atoms with E-state index in [1.165, 1.54) is 10.9 Å². The number of anilines is 2. The summed E-state index contributed by atoms with van der Waals surface area (Å²) < 4.78 is 6.88. The van der Waals surface area contributed by atoms with E-state index < -0.39 is 0 Å². The number of nitrogens with one attached hydrogen (secondary N) is 1. The fourth-order valence-electron chi connectivity index (χ4n) is 3.89. The molecule has 3 N–H and O–H groups in total. The second-order valence-corrected chi connectivity index (χ2v) is 7.84. The summed E-state index contributed by atoms with van der Waals surface area (Å²) in [6.45, 7) is 2.67. The maximum atomic E-state index is 6.35. The van der Waals surface area contributed by atoms with E-state index >= 15 is 0 Å². The van der Waals surface area contributed by atoms with E-state index in [-0.39, 0.29) is 0 Å². The molecule has 1 atom stereocenters. The van der Waals surface area contributed by atoms with Gasteiger partial charge in [0, 0.05) is 30.2 Å². The lowest BCUT2D eigenvalue weighted by Gasteiger charge is -2.25. The SMILES string of the molecule is Nc1cc(NC[C@H]2CCCN2Cc2ccccc2Cl)nc2nc(-c3ccco3)nn12. The molecule has 0 saturated carbocycles. The lowest BCUT2D eigenvalue weighted by atomic mass is 10.2. The highest BCUT2D eigenvalue weighted by Gasteiger charge is 2.25. The van der Waals surface area contributed by atoms with E-state index in [1.54, 1.807) is 24.5 Å². The summed E-state index contributed by atoms with van der Waals surface area (Å²) in [4.78, 5) is 11.5. The zero-order valence-electron chi connectivity index (χ0n) is 16.3. The monoisotopic (exact) mass is 423 g/mol. The van der Waals surface area contributed by atoms with Crippen LogP contribution >= 0.6 is 11.6 Å². The quantitative estimate of drug-likeness (QED) is 0.488. The Labute approximate surface area is 178 Å².